The van der Waals surface area contributed by atoms with Gasteiger partial charge in [0.25, 0.3) is 0 Å². The van der Waals surface area contributed by atoms with Crippen molar-refractivity contribution in [2.75, 3.05) is 13.1 Å². The summed E-state index contributed by atoms with van der Waals surface area (Å²) >= 11 is 0. The predicted octanol–water partition coefficient (Wildman–Crippen LogP) is 1.91. The molecule has 0 saturated carbocycles. The maximum absolute atomic E-state index is 13.2. The maximum atomic E-state index is 13.2. The van der Waals surface area contributed by atoms with Crippen LogP contribution in [0, 0.1) is 6.92 Å². The van der Waals surface area contributed by atoms with Gasteiger partial charge in [0.05, 0.1) is 4.90 Å². The van der Waals surface area contributed by atoms with Crippen LogP contribution in [-0.4, -0.2) is 42.9 Å². The summed E-state index contributed by atoms with van der Waals surface area (Å²) in [5, 5.41) is 4.95. The number of hydrogen-bond acceptors (Lipinski definition) is 4. The molecule has 2 unspecified atom stereocenters. The molecule has 3 rings (SSSR count). The van der Waals surface area contributed by atoms with Gasteiger partial charge in [-0.05, 0) is 32.4 Å². The first-order valence-corrected chi connectivity index (χ1v) is 8.94. The molecular weight excluding hydrogens is 298 g/mol. The smallest absolute Gasteiger partial charge is 0.244 e. The molecule has 0 spiro atoms. The maximum Gasteiger partial charge on any atom is 0.244 e. The first kappa shape index (κ1) is 15.4. The molecule has 6 heteroatoms. The van der Waals surface area contributed by atoms with Crippen LogP contribution in [0.4, 0.5) is 0 Å². The van der Waals surface area contributed by atoms with E-state index in [-0.39, 0.29) is 12.1 Å². The molecule has 2 heterocycles. The molecule has 5 nitrogen and oxygen atoms in total. The number of aryl methyl sites for hydroxylation is 1. The SMILES string of the molecule is Cc1cncc2cccc(S(=O)(=O)N3CC(C)NCC3C)c12. The van der Waals surface area contributed by atoms with E-state index in [4.69, 9.17) is 0 Å². The molecule has 1 N–H and O–H groups in total. The molecule has 1 aromatic heterocycles. The first-order valence-electron chi connectivity index (χ1n) is 7.50. The fourth-order valence-electron chi connectivity index (χ4n) is 3.04. The summed E-state index contributed by atoms with van der Waals surface area (Å²) < 4.78 is 28.0. The number of aromatic nitrogens is 1. The van der Waals surface area contributed by atoms with E-state index in [0.717, 1.165) is 16.3 Å². The summed E-state index contributed by atoms with van der Waals surface area (Å²) in [6.45, 7) is 7.01. The minimum Gasteiger partial charge on any atom is -0.311 e. The molecule has 118 valence electrons. The van der Waals surface area contributed by atoms with Crippen molar-refractivity contribution in [1.29, 1.82) is 0 Å². The van der Waals surface area contributed by atoms with Gasteiger partial charge in [-0.2, -0.15) is 4.31 Å². The molecule has 2 aromatic rings. The fraction of sp³-hybridized carbons (Fsp3) is 0.438. The number of hydrogen-bond donors (Lipinski definition) is 1. The van der Waals surface area contributed by atoms with Crippen molar-refractivity contribution in [2.24, 2.45) is 0 Å². The van der Waals surface area contributed by atoms with Crippen LogP contribution in [0.5, 0.6) is 0 Å². The zero-order valence-electron chi connectivity index (χ0n) is 13.1. The summed E-state index contributed by atoms with van der Waals surface area (Å²) in [5.41, 5.74) is 0.882. The van der Waals surface area contributed by atoms with Crippen LogP contribution in [0.2, 0.25) is 0 Å². The van der Waals surface area contributed by atoms with Crippen molar-refractivity contribution < 1.29 is 8.42 Å². The van der Waals surface area contributed by atoms with Crippen LogP contribution in [0.3, 0.4) is 0 Å². The number of pyridine rings is 1. The molecule has 0 bridgehead atoms. The second kappa shape index (κ2) is 5.61. The van der Waals surface area contributed by atoms with Gasteiger partial charge in [-0.15, -0.1) is 0 Å². The minimum absolute atomic E-state index is 0.0569. The Kier molecular flexibility index (Phi) is 3.92. The van der Waals surface area contributed by atoms with Crippen molar-refractivity contribution in [2.45, 2.75) is 37.8 Å². The van der Waals surface area contributed by atoms with Crippen molar-refractivity contribution in [3.63, 3.8) is 0 Å². The van der Waals surface area contributed by atoms with Crippen molar-refractivity contribution in [3.05, 3.63) is 36.2 Å². The molecule has 0 aliphatic carbocycles. The lowest BCUT2D eigenvalue weighted by Crippen LogP contribution is -2.56. The number of piperazine rings is 1. The molecule has 2 atom stereocenters. The van der Waals surface area contributed by atoms with Gasteiger partial charge in [-0.25, -0.2) is 8.42 Å². The van der Waals surface area contributed by atoms with Crippen LogP contribution < -0.4 is 5.32 Å². The van der Waals surface area contributed by atoms with Crippen LogP contribution in [0.1, 0.15) is 19.4 Å². The predicted molar refractivity (Wildman–Crippen MR) is 87.3 cm³/mol. The standard InChI is InChI=1S/C16H21N3O2S/c1-11-7-17-9-14-5-4-6-15(16(11)14)22(20,21)19-10-12(2)18-8-13(19)3/h4-7,9,12-13,18H,8,10H2,1-3H3. The van der Waals surface area contributed by atoms with E-state index in [1.165, 1.54) is 0 Å². The summed E-state index contributed by atoms with van der Waals surface area (Å²) in [6, 6.07) is 5.48. The average Bonchev–Trinajstić information content (AvgIpc) is 2.49. The summed E-state index contributed by atoms with van der Waals surface area (Å²) in [7, 11) is -3.53. The largest absolute Gasteiger partial charge is 0.311 e. The van der Waals surface area contributed by atoms with E-state index in [0.29, 0.717) is 18.0 Å². The number of benzene rings is 1. The first-order chi connectivity index (χ1) is 10.4. The topological polar surface area (TPSA) is 62.3 Å². The molecule has 0 amide bonds. The fourth-order valence-corrected chi connectivity index (χ4v) is 5.04. The van der Waals surface area contributed by atoms with Gasteiger partial charge in [-0.1, -0.05) is 12.1 Å². The zero-order valence-corrected chi connectivity index (χ0v) is 13.9. The molecule has 1 fully saturated rings. The Hall–Kier alpha value is -1.50. The molecule has 1 aliphatic rings. The Morgan fingerprint density at radius 2 is 2.05 bits per heavy atom. The van der Waals surface area contributed by atoms with Gasteiger partial charge in [0.15, 0.2) is 0 Å². The van der Waals surface area contributed by atoms with Gasteiger partial charge in [-0.3, -0.25) is 4.98 Å². The summed E-state index contributed by atoms with van der Waals surface area (Å²) in [4.78, 5) is 4.54. The lowest BCUT2D eigenvalue weighted by atomic mass is 10.1. The molecular formula is C16H21N3O2S. The molecule has 1 saturated heterocycles. The van der Waals surface area contributed by atoms with Gasteiger partial charge >= 0.3 is 0 Å². The highest BCUT2D eigenvalue weighted by Gasteiger charge is 2.34. The normalized spacial score (nSPS) is 23.8. The molecule has 22 heavy (non-hydrogen) atoms. The molecule has 0 radical (unpaired) electrons. The Morgan fingerprint density at radius 3 is 2.82 bits per heavy atom. The van der Waals surface area contributed by atoms with E-state index < -0.39 is 10.0 Å². The van der Waals surface area contributed by atoms with Crippen LogP contribution in [-0.2, 0) is 10.0 Å². The highest BCUT2D eigenvalue weighted by atomic mass is 32.2. The summed E-state index contributed by atoms with van der Waals surface area (Å²) in [5.74, 6) is 0. The number of fused-ring (bicyclic) bond motifs is 1. The van der Waals surface area contributed by atoms with Gasteiger partial charge in [0, 0.05) is 48.3 Å². The van der Waals surface area contributed by atoms with Gasteiger partial charge in [0.2, 0.25) is 10.0 Å². The number of nitrogens with zero attached hydrogens (tertiary/aromatic N) is 2. The number of rotatable bonds is 2. The van der Waals surface area contributed by atoms with E-state index in [9.17, 15) is 8.42 Å². The van der Waals surface area contributed by atoms with E-state index in [1.807, 2.05) is 26.8 Å². The third-order valence-corrected chi connectivity index (χ3v) is 6.25. The van der Waals surface area contributed by atoms with Crippen molar-refractivity contribution in [1.82, 2.24) is 14.6 Å². The highest BCUT2D eigenvalue weighted by Crippen LogP contribution is 2.29. The van der Waals surface area contributed by atoms with Gasteiger partial charge in [0.1, 0.15) is 0 Å². The Labute approximate surface area is 131 Å². The zero-order chi connectivity index (χ0) is 15.9. The van der Waals surface area contributed by atoms with E-state index >= 15 is 0 Å². The number of nitrogens with one attached hydrogen (secondary N) is 1. The van der Waals surface area contributed by atoms with Crippen LogP contribution in [0.15, 0.2) is 35.5 Å². The monoisotopic (exact) mass is 319 g/mol. The lowest BCUT2D eigenvalue weighted by molar-refractivity contribution is 0.245. The molecule has 1 aliphatic heterocycles. The minimum atomic E-state index is -3.53. The molecule has 1 aromatic carbocycles. The second-order valence-electron chi connectivity index (χ2n) is 6.04. The number of sulfonamides is 1. The third-order valence-electron chi connectivity index (χ3n) is 4.23. The third kappa shape index (κ3) is 2.51. The lowest BCUT2D eigenvalue weighted by Gasteiger charge is -2.36. The van der Waals surface area contributed by atoms with Crippen LogP contribution in [0.25, 0.3) is 10.8 Å². The highest BCUT2D eigenvalue weighted by molar-refractivity contribution is 7.89. The van der Waals surface area contributed by atoms with Crippen LogP contribution >= 0.6 is 0 Å². The Morgan fingerprint density at radius 1 is 1.27 bits per heavy atom. The van der Waals surface area contributed by atoms with Crippen molar-refractivity contribution >= 4 is 20.8 Å². The Balaban J connectivity index is 2.17. The van der Waals surface area contributed by atoms with E-state index in [1.54, 1.807) is 28.8 Å². The average molecular weight is 319 g/mol. The second-order valence-corrected chi connectivity index (χ2v) is 7.90. The van der Waals surface area contributed by atoms with Crippen molar-refractivity contribution in [3.8, 4) is 0 Å². The quantitative estimate of drug-likeness (QED) is 0.918. The Bertz CT molecular complexity index is 799. The summed E-state index contributed by atoms with van der Waals surface area (Å²) in [6.07, 6.45) is 3.43. The van der Waals surface area contributed by atoms with E-state index in [2.05, 4.69) is 10.3 Å². The van der Waals surface area contributed by atoms with Gasteiger partial charge < -0.3 is 5.32 Å².